The van der Waals surface area contributed by atoms with Crippen molar-refractivity contribution in [3.8, 4) is 11.5 Å². The van der Waals surface area contributed by atoms with Crippen LogP contribution in [0.1, 0.15) is 13.8 Å². The smallest absolute Gasteiger partial charge is 0.327 e. The summed E-state index contributed by atoms with van der Waals surface area (Å²) < 4.78 is 16.9. The summed E-state index contributed by atoms with van der Waals surface area (Å²) in [5.41, 5.74) is 0. The number of carbonyl (C=O) groups is 1. The van der Waals surface area contributed by atoms with E-state index in [-0.39, 0.29) is 12.6 Å². The van der Waals surface area contributed by atoms with Crippen molar-refractivity contribution in [3.05, 3.63) is 73.3 Å². The molecule has 0 heterocycles. The van der Waals surface area contributed by atoms with E-state index < -0.39 is 5.97 Å². The second-order valence-electron chi connectivity index (χ2n) is 4.68. The Morgan fingerprint density at radius 2 is 1.25 bits per heavy atom. The maximum Gasteiger partial charge on any atom is 0.327 e. The first-order valence-electron chi connectivity index (χ1n) is 7.45. The summed E-state index contributed by atoms with van der Waals surface area (Å²) >= 11 is 0. The quantitative estimate of drug-likeness (QED) is 0.611. The molecule has 2 aromatic carbocycles. The summed E-state index contributed by atoms with van der Waals surface area (Å²) in [6, 6.07) is 19.1. The Morgan fingerprint density at radius 3 is 1.54 bits per heavy atom. The van der Waals surface area contributed by atoms with E-state index in [0.29, 0.717) is 0 Å². The molecule has 0 aliphatic heterocycles. The van der Waals surface area contributed by atoms with E-state index in [1.807, 2.05) is 74.5 Å². The lowest BCUT2D eigenvalue weighted by molar-refractivity contribution is -0.167. The van der Waals surface area contributed by atoms with Crippen LogP contribution in [0.4, 0.5) is 0 Å². The second kappa shape index (κ2) is 10.9. The summed E-state index contributed by atoms with van der Waals surface area (Å²) in [4.78, 5) is 9.25. The van der Waals surface area contributed by atoms with Gasteiger partial charge in [0.25, 0.3) is 0 Å². The van der Waals surface area contributed by atoms with E-state index in [1.54, 1.807) is 0 Å². The summed E-state index contributed by atoms with van der Waals surface area (Å²) in [7, 11) is 0. The number of carboxylic acid groups (broad SMARTS) is 1. The zero-order valence-corrected chi connectivity index (χ0v) is 13.8. The molecule has 2 aromatic rings. The SMILES string of the molecule is C=CC(=O)O.CC(Oc1ccccc1)OC(C)Oc1ccccc1. The molecule has 1 N–H and O–H groups in total. The third-order valence-corrected chi connectivity index (χ3v) is 2.65. The van der Waals surface area contributed by atoms with Crippen LogP contribution in [0.25, 0.3) is 0 Å². The van der Waals surface area contributed by atoms with Gasteiger partial charge in [-0.05, 0) is 38.1 Å². The lowest BCUT2D eigenvalue weighted by atomic mass is 10.3. The molecule has 128 valence electrons. The van der Waals surface area contributed by atoms with Crippen LogP contribution in [0.5, 0.6) is 11.5 Å². The van der Waals surface area contributed by atoms with E-state index in [1.165, 1.54) is 0 Å². The lowest BCUT2D eigenvalue weighted by Crippen LogP contribution is -2.26. The lowest BCUT2D eigenvalue weighted by Gasteiger charge is -2.21. The number of hydrogen-bond donors (Lipinski definition) is 1. The summed E-state index contributed by atoms with van der Waals surface area (Å²) in [6.07, 6.45) is 0.0854. The first kappa shape index (κ1) is 19.3. The monoisotopic (exact) mass is 330 g/mol. The minimum absolute atomic E-state index is 0.374. The predicted molar refractivity (Wildman–Crippen MR) is 92.0 cm³/mol. The van der Waals surface area contributed by atoms with Gasteiger partial charge in [-0.15, -0.1) is 0 Å². The summed E-state index contributed by atoms with van der Waals surface area (Å²) in [5, 5.41) is 7.60. The van der Waals surface area contributed by atoms with Gasteiger partial charge in [0.2, 0.25) is 12.6 Å². The third-order valence-electron chi connectivity index (χ3n) is 2.65. The van der Waals surface area contributed by atoms with Crippen molar-refractivity contribution in [3.63, 3.8) is 0 Å². The fraction of sp³-hybridized carbons (Fsp3) is 0.211. The Morgan fingerprint density at radius 1 is 0.917 bits per heavy atom. The van der Waals surface area contributed by atoms with E-state index in [2.05, 4.69) is 6.58 Å². The molecular formula is C19H22O5. The van der Waals surface area contributed by atoms with Gasteiger partial charge in [0.1, 0.15) is 11.5 Å². The fourth-order valence-corrected chi connectivity index (χ4v) is 1.71. The Hall–Kier alpha value is -2.79. The number of hydrogen-bond acceptors (Lipinski definition) is 4. The van der Waals surface area contributed by atoms with Crippen LogP contribution in [0, 0.1) is 0 Å². The van der Waals surface area contributed by atoms with Crippen molar-refractivity contribution in [2.24, 2.45) is 0 Å². The number of ether oxygens (including phenoxy) is 3. The molecule has 2 unspecified atom stereocenters. The van der Waals surface area contributed by atoms with E-state index >= 15 is 0 Å². The molecule has 2 atom stereocenters. The molecule has 0 saturated carbocycles. The van der Waals surface area contributed by atoms with Gasteiger partial charge in [-0.1, -0.05) is 43.0 Å². The van der Waals surface area contributed by atoms with E-state index in [9.17, 15) is 4.79 Å². The highest BCUT2D eigenvalue weighted by atomic mass is 16.8. The Kier molecular flexibility index (Phi) is 8.71. The number of aliphatic carboxylic acids is 1. The van der Waals surface area contributed by atoms with Gasteiger partial charge in [-0.3, -0.25) is 0 Å². The van der Waals surface area contributed by atoms with Crippen LogP contribution in [-0.4, -0.2) is 23.7 Å². The van der Waals surface area contributed by atoms with Gasteiger partial charge in [0, 0.05) is 6.08 Å². The van der Waals surface area contributed by atoms with Gasteiger partial charge in [0.05, 0.1) is 0 Å². The van der Waals surface area contributed by atoms with E-state index in [4.69, 9.17) is 19.3 Å². The molecule has 0 saturated heterocycles. The number of benzene rings is 2. The molecule has 0 spiro atoms. The van der Waals surface area contributed by atoms with Gasteiger partial charge in [-0.25, -0.2) is 4.79 Å². The van der Waals surface area contributed by atoms with Gasteiger partial charge >= 0.3 is 5.97 Å². The second-order valence-corrected chi connectivity index (χ2v) is 4.68. The fourth-order valence-electron chi connectivity index (χ4n) is 1.71. The van der Waals surface area contributed by atoms with Gasteiger partial charge in [0.15, 0.2) is 0 Å². The normalized spacial score (nSPS) is 12.1. The largest absolute Gasteiger partial charge is 0.478 e. The molecule has 5 heteroatoms. The summed E-state index contributed by atoms with van der Waals surface area (Å²) in [5.74, 6) is 0.578. The summed E-state index contributed by atoms with van der Waals surface area (Å²) in [6.45, 7) is 6.65. The minimum atomic E-state index is -0.981. The number of rotatable bonds is 7. The van der Waals surface area contributed by atoms with Crippen LogP contribution in [0.2, 0.25) is 0 Å². The molecule has 24 heavy (non-hydrogen) atoms. The molecule has 0 aliphatic carbocycles. The van der Waals surface area contributed by atoms with Crippen molar-refractivity contribution >= 4 is 5.97 Å². The van der Waals surface area contributed by atoms with Crippen LogP contribution >= 0.6 is 0 Å². The van der Waals surface area contributed by atoms with Crippen molar-refractivity contribution in [2.75, 3.05) is 0 Å². The molecule has 0 amide bonds. The average molecular weight is 330 g/mol. The maximum atomic E-state index is 9.25. The van der Waals surface area contributed by atoms with E-state index in [0.717, 1.165) is 17.6 Å². The molecule has 0 aromatic heterocycles. The highest BCUT2D eigenvalue weighted by molar-refractivity contribution is 5.78. The predicted octanol–water partition coefficient (Wildman–Crippen LogP) is 4.11. The van der Waals surface area contributed by atoms with Crippen molar-refractivity contribution < 1.29 is 24.1 Å². The number of para-hydroxylation sites is 2. The molecule has 2 rings (SSSR count). The molecular weight excluding hydrogens is 308 g/mol. The average Bonchev–Trinajstić information content (AvgIpc) is 2.57. The minimum Gasteiger partial charge on any atom is -0.478 e. The van der Waals surface area contributed by atoms with Gasteiger partial charge < -0.3 is 19.3 Å². The Labute approximate surface area is 142 Å². The van der Waals surface area contributed by atoms with Gasteiger partial charge in [-0.2, -0.15) is 0 Å². The zero-order chi connectivity index (χ0) is 17.8. The Bertz CT molecular complexity index is 552. The molecule has 0 bridgehead atoms. The van der Waals surface area contributed by atoms with Crippen LogP contribution in [0.15, 0.2) is 73.3 Å². The topological polar surface area (TPSA) is 65.0 Å². The standard InChI is InChI=1S/C16H18O3.C3H4O2/c1-13(18-15-9-5-3-6-10-15)17-14(2)19-16-11-7-4-8-12-16;1-2-3(4)5/h3-14H,1-2H3;2H,1H2,(H,4,5). The first-order valence-corrected chi connectivity index (χ1v) is 7.45. The molecule has 5 nitrogen and oxygen atoms in total. The number of carboxylic acids is 1. The van der Waals surface area contributed by atoms with Crippen LogP contribution < -0.4 is 9.47 Å². The first-order chi connectivity index (χ1) is 11.5. The third kappa shape index (κ3) is 8.60. The molecule has 0 aliphatic rings. The van der Waals surface area contributed by atoms with Crippen LogP contribution in [-0.2, 0) is 9.53 Å². The molecule has 0 radical (unpaired) electrons. The van der Waals surface area contributed by atoms with Crippen molar-refractivity contribution in [2.45, 2.75) is 26.4 Å². The zero-order valence-electron chi connectivity index (χ0n) is 13.8. The van der Waals surface area contributed by atoms with Crippen molar-refractivity contribution in [1.29, 1.82) is 0 Å². The highest BCUT2D eigenvalue weighted by Gasteiger charge is 2.10. The van der Waals surface area contributed by atoms with Crippen LogP contribution in [0.3, 0.4) is 0 Å². The highest BCUT2D eigenvalue weighted by Crippen LogP contribution is 2.15. The molecule has 0 fully saturated rings. The maximum absolute atomic E-state index is 9.25. The Balaban J connectivity index is 0.000000505. The van der Waals surface area contributed by atoms with Crippen molar-refractivity contribution in [1.82, 2.24) is 0 Å².